The third kappa shape index (κ3) is 11.2. The molecule has 22 heteroatoms. The van der Waals surface area contributed by atoms with Crippen LogP contribution in [0.2, 0.25) is 0 Å². The predicted octanol–water partition coefficient (Wildman–Crippen LogP) is 2.62. The van der Waals surface area contributed by atoms with E-state index in [0.29, 0.717) is 103 Å². The number of hydrogen-bond donors (Lipinski definition) is 4. The Bertz CT molecular complexity index is 2630. The van der Waals surface area contributed by atoms with Crippen molar-refractivity contribution in [3.8, 4) is 23.0 Å². The number of ether oxygens (including phenoxy) is 6. The maximum absolute atomic E-state index is 12.8. The van der Waals surface area contributed by atoms with E-state index >= 15 is 0 Å². The van der Waals surface area contributed by atoms with Crippen LogP contribution < -0.4 is 29.6 Å². The molecule has 2 unspecified atom stereocenters. The number of benzene rings is 2. The number of carbonyl (C=O) groups excluding carboxylic acids is 2. The lowest BCUT2D eigenvalue weighted by Gasteiger charge is -2.36. The van der Waals surface area contributed by atoms with Gasteiger partial charge in [-0.1, -0.05) is 0 Å². The normalized spacial score (nSPS) is 22.5. The number of β-amino-alcohol motifs (C(OH)–C–C–N with tert-alkyl or cyclic N) is 2. The summed E-state index contributed by atoms with van der Waals surface area (Å²) in [5, 5.41) is 27.1. The number of morpholine rings is 2. The topological polar surface area (TPSA) is 242 Å². The van der Waals surface area contributed by atoms with Gasteiger partial charge in [0.15, 0.2) is 23.0 Å². The Hall–Kier alpha value is -7.08. The van der Waals surface area contributed by atoms with Crippen LogP contribution in [-0.4, -0.2) is 205 Å². The number of aromatic nitrogens is 2. The summed E-state index contributed by atoms with van der Waals surface area (Å²) < 4.78 is 35.1. The van der Waals surface area contributed by atoms with Gasteiger partial charge >= 0.3 is 0 Å². The van der Waals surface area contributed by atoms with E-state index in [-0.39, 0.29) is 49.4 Å². The summed E-state index contributed by atoms with van der Waals surface area (Å²) >= 11 is 0. The fourth-order valence-corrected chi connectivity index (χ4v) is 10.3. The highest BCUT2D eigenvalue weighted by molar-refractivity contribution is 6.21. The molecule has 2 aromatic carbocycles. The van der Waals surface area contributed by atoms with E-state index in [4.69, 9.17) is 38.4 Å². The number of aliphatic imine (C=N–C) groups is 4. The number of rotatable bonds is 14. The number of amides is 2. The zero-order chi connectivity index (χ0) is 51.3. The van der Waals surface area contributed by atoms with E-state index in [1.54, 1.807) is 56.9 Å². The minimum Gasteiger partial charge on any atom is -0.491 e. The summed E-state index contributed by atoms with van der Waals surface area (Å²) in [7, 11) is 3.09. The van der Waals surface area contributed by atoms with Gasteiger partial charge in [-0.3, -0.25) is 59.8 Å². The molecule has 390 valence electrons. The van der Waals surface area contributed by atoms with E-state index in [1.807, 2.05) is 41.8 Å². The van der Waals surface area contributed by atoms with E-state index in [2.05, 4.69) is 40.4 Å². The maximum atomic E-state index is 12.8. The number of amidine groups is 2. The first-order valence-electron chi connectivity index (χ1n) is 25.1. The fraction of sp³-hybridized carbons (Fsp3) is 0.462. The van der Waals surface area contributed by atoms with Crippen molar-refractivity contribution in [2.75, 3.05) is 92.9 Å². The van der Waals surface area contributed by atoms with E-state index in [1.165, 1.54) is 12.4 Å². The second-order valence-corrected chi connectivity index (χ2v) is 19.0. The molecule has 2 bridgehead atoms. The molecule has 0 radical (unpaired) electrons. The van der Waals surface area contributed by atoms with Crippen molar-refractivity contribution in [3.05, 3.63) is 95.6 Å². The van der Waals surface area contributed by atoms with Crippen LogP contribution in [-0.2, 0) is 9.47 Å². The molecule has 7 aliphatic rings. The predicted molar refractivity (Wildman–Crippen MR) is 274 cm³/mol. The first-order chi connectivity index (χ1) is 36.0. The van der Waals surface area contributed by atoms with Crippen molar-refractivity contribution in [1.29, 1.82) is 0 Å². The van der Waals surface area contributed by atoms with Crippen LogP contribution in [0.3, 0.4) is 0 Å². The summed E-state index contributed by atoms with van der Waals surface area (Å²) in [6, 6.07) is 14.2. The van der Waals surface area contributed by atoms with Gasteiger partial charge in [-0.15, -0.1) is 0 Å². The summed E-state index contributed by atoms with van der Waals surface area (Å²) in [6.07, 6.45) is 7.87. The number of aliphatic hydroxyl groups is 2. The second-order valence-electron chi connectivity index (χ2n) is 19.0. The largest absolute Gasteiger partial charge is 0.491 e. The van der Waals surface area contributed by atoms with Crippen molar-refractivity contribution >= 4 is 46.8 Å². The minimum atomic E-state index is -0.689. The molecular weight excluding hydrogens is 953 g/mol. The monoisotopic (exact) mass is 1010 g/mol. The second kappa shape index (κ2) is 22.6. The first kappa shape index (κ1) is 50.5. The quantitative estimate of drug-likeness (QED) is 0.142. The lowest BCUT2D eigenvalue weighted by Crippen LogP contribution is -2.48. The fourth-order valence-electron chi connectivity index (χ4n) is 10.3. The van der Waals surface area contributed by atoms with Crippen LogP contribution in [0.1, 0.15) is 58.5 Å². The van der Waals surface area contributed by atoms with Crippen molar-refractivity contribution in [2.45, 2.75) is 63.3 Å². The highest BCUT2D eigenvalue weighted by atomic mass is 16.5. The molecule has 2 aromatic heterocycles. The molecule has 0 saturated carbocycles. The average molecular weight is 1020 g/mol. The summed E-state index contributed by atoms with van der Waals surface area (Å²) in [6.45, 7) is 10.9. The van der Waals surface area contributed by atoms with Gasteiger partial charge in [0, 0.05) is 88.3 Å². The zero-order valence-corrected chi connectivity index (χ0v) is 41.9. The Morgan fingerprint density at radius 1 is 0.662 bits per heavy atom. The third-order valence-electron chi connectivity index (χ3n) is 13.4. The Labute approximate surface area is 428 Å². The Balaban J connectivity index is 0.000000169. The molecule has 74 heavy (non-hydrogen) atoms. The molecule has 4 aromatic rings. The summed E-state index contributed by atoms with van der Waals surface area (Å²) in [4.78, 5) is 60.6. The SMILES string of the molecule is COc1c(OC[C@H](O)CN2CC3CCC(C2)O3)ccc2c1N=C(NC(=O)c1cccnc1)N1CCN=C21.COc1c(OC[C@H](O)CN2C[C@@H](C)O[C@@H](C)C2)ccc2c1N=C(NC(=O)c1cccnc1)N1CCN=C21. The molecule has 4 N–H and O–H groups in total. The molecule has 3 fully saturated rings. The molecule has 11 rings (SSSR count). The van der Waals surface area contributed by atoms with Gasteiger partial charge in [-0.25, -0.2) is 9.98 Å². The Morgan fingerprint density at radius 2 is 1.12 bits per heavy atom. The molecule has 7 aliphatic heterocycles. The lowest BCUT2D eigenvalue weighted by molar-refractivity contribution is -0.0787. The Morgan fingerprint density at radius 3 is 1.55 bits per heavy atom. The van der Waals surface area contributed by atoms with Crippen LogP contribution in [0.5, 0.6) is 23.0 Å². The molecule has 0 aliphatic carbocycles. The lowest BCUT2D eigenvalue weighted by atomic mass is 10.1. The number of guanidine groups is 2. The highest BCUT2D eigenvalue weighted by Gasteiger charge is 2.37. The zero-order valence-electron chi connectivity index (χ0n) is 41.9. The standard InChI is InChI=1S/C26H30N6O5.C26H32N6O5/c1-35-23-21(36-15-17(33)12-31-13-18-4-5-19(14-31)37-18)7-6-20-22(23)29-26(32-10-9-28-24(20)32)30-25(34)16-3-2-8-27-11-16;1-16-12-31(13-17(2)37-16)14-19(33)15-36-21-7-6-20-22(23(21)35-3)29-26(32-10-9-28-24(20)32)30-25(34)18-5-4-8-27-11-18/h2-3,6-8,11,17-19,33H,4-5,9-10,12-15H2,1H3,(H,29,30,34);4-8,11,16-17,19,33H,9-10,12-15H2,1-3H3,(H,29,30,34)/t17-,18?,19?;16-,17+,19-/m11/s1. The third-order valence-corrected chi connectivity index (χ3v) is 13.4. The van der Waals surface area contributed by atoms with Gasteiger partial charge < -0.3 is 38.6 Å². The van der Waals surface area contributed by atoms with E-state index in [9.17, 15) is 19.8 Å². The molecule has 6 atom stereocenters. The number of nitrogens with zero attached hydrogens (tertiary/aromatic N) is 10. The van der Waals surface area contributed by atoms with Gasteiger partial charge in [-0.05, 0) is 75.2 Å². The number of aliphatic hydroxyl groups excluding tert-OH is 2. The maximum Gasteiger partial charge on any atom is 0.259 e. The first-order valence-corrected chi connectivity index (χ1v) is 25.1. The van der Waals surface area contributed by atoms with Crippen molar-refractivity contribution in [1.82, 2.24) is 40.2 Å². The van der Waals surface area contributed by atoms with Crippen molar-refractivity contribution in [2.24, 2.45) is 20.0 Å². The summed E-state index contributed by atoms with van der Waals surface area (Å²) in [5.74, 6) is 3.31. The number of carbonyl (C=O) groups is 2. The van der Waals surface area contributed by atoms with Crippen molar-refractivity contribution < 1.29 is 48.2 Å². The van der Waals surface area contributed by atoms with Gasteiger partial charge in [0.1, 0.15) is 48.5 Å². The van der Waals surface area contributed by atoms with Crippen LogP contribution in [0, 0.1) is 0 Å². The van der Waals surface area contributed by atoms with Gasteiger partial charge in [-0.2, -0.15) is 0 Å². The van der Waals surface area contributed by atoms with E-state index in [0.717, 1.165) is 56.0 Å². The van der Waals surface area contributed by atoms with E-state index < -0.39 is 12.2 Å². The molecule has 3 saturated heterocycles. The smallest absolute Gasteiger partial charge is 0.259 e. The van der Waals surface area contributed by atoms with Crippen LogP contribution in [0.4, 0.5) is 11.4 Å². The molecule has 9 heterocycles. The number of methoxy groups -OCH3 is 2. The summed E-state index contributed by atoms with van der Waals surface area (Å²) in [5.41, 5.74) is 3.49. The van der Waals surface area contributed by atoms with Gasteiger partial charge in [0.2, 0.25) is 11.9 Å². The van der Waals surface area contributed by atoms with Gasteiger partial charge in [0.05, 0.1) is 62.9 Å². The molecule has 2 amide bonds. The highest BCUT2D eigenvalue weighted by Crippen LogP contribution is 2.45. The van der Waals surface area contributed by atoms with Crippen molar-refractivity contribution in [3.63, 3.8) is 0 Å². The number of hydrogen-bond acceptors (Lipinski definition) is 20. The van der Waals surface area contributed by atoms with Crippen LogP contribution in [0.15, 0.2) is 93.3 Å². The van der Waals surface area contributed by atoms with Crippen LogP contribution in [0.25, 0.3) is 0 Å². The Kier molecular flexibility index (Phi) is 15.4. The van der Waals surface area contributed by atoms with Crippen LogP contribution >= 0.6 is 0 Å². The number of likely N-dealkylation sites (tertiary alicyclic amines) is 1. The number of fused-ring (bicyclic) bond motifs is 8. The molecule has 22 nitrogen and oxygen atoms in total. The molecule has 0 spiro atoms. The average Bonchev–Trinajstić information content (AvgIpc) is 4.19. The number of nitrogens with one attached hydrogen (secondary N) is 2. The minimum absolute atomic E-state index is 0.0939. The van der Waals surface area contributed by atoms with Gasteiger partial charge in [0.25, 0.3) is 11.8 Å². The molecular formula is C52H62N12O10. The number of pyridine rings is 2.